The molecule has 0 radical (unpaired) electrons. The fourth-order valence-corrected chi connectivity index (χ4v) is 1.10. The van der Waals surface area contributed by atoms with Crippen LogP contribution in [0.25, 0.3) is 0 Å². The highest BCUT2D eigenvalue weighted by atomic mass is 16.1. The molecule has 82 valence electrons. The molecule has 0 atom stereocenters. The maximum atomic E-state index is 11.1. The van der Waals surface area contributed by atoms with Gasteiger partial charge in [0.2, 0.25) is 5.91 Å². The number of hydrogen-bond donors (Lipinski definition) is 1. The minimum absolute atomic E-state index is 0.0284. The molecule has 0 spiro atoms. The zero-order chi connectivity index (χ0) is 11.2. The van der Waals surface area contributed by atoms with Crippen molar-refractivity contribution in [2.45, 2.75) is 47.0 Å². The first-order chi connectivity index (χ1) is 6.39. The molecule has 0 aromatic heterocycles. The van der Waals surface area contributed by atoms with Gasteiger partial charge in [-0.15, -0.1) is 0 Å². The van der Waals surface area contributed by atoms with Crippen LogP contribution >= 0.6 is 0 Å². The third-order valence-corrected chi connectivity index (χ3v) is 2.66. The van der Waals surface area contributed by atoms with E-state index in [4.69, 9.17) is 0 Å². The van der Waals surface area contributed by atoms with Gasteiger partial charge in [0.1, 0.15) is 0 Å². The van der Waals surface area contributed by atoms with Crippen LogP contribution in [0.4, 0.5) is 0 Å². The molecule has 0 rings (SSSR count). The summed E-state index contributed by atoms with van der Waals surface area (Å²) in [6, 6.07) is 0. The van der Waals surface area contributed by atoms with Crippen LogP contribution in [0.5, 0.6) is 0 Å². The molecule has 2 heteroatoms. The van der Waals surface area contributed by atoms with E-state index < -0.39 is 0 Å². The molecule has 1 amide bonds. The van der Waals surface area contributed by atoms with E-state index in [0.717, 1.165) is 19.4 Å². The average molecular weight is 197 g/mol. The van der Waals surface area contributed by atoms with E-state index in [-0.39, 0.29) is 5.91 Å². The van der Waals surface area contributed by atoms with Gasteiger partial charge >= 0.3 is 0 Å². The van der Waals surface area contributed by atoms with Crippen molar-refractivity contribution in [3.05, 3.63) is 12.2 Å². The number of carbonyl (C=O) groups excluding carboxylic acids is 1. The summed E-state index contributed by atoms with van der Waals surface area (Å²) in [6.07, 6.45) is 3.38. The number of hydrogen-bond acceptors (Lipinski definition) is 1. The van der Waals surface area contributed by atoms with Crippen molar-refractivity contribution in [2.24, 2.45) is 5.41 Å². The molecule has 0 saturated heterocycles. The molecular weight excluding hydrogens is 174 g/mol. The van der Waals surface area contributed by atoms with Crippen LogP contribution in [0.2, 0.25) is 0 Å². The summed E-state index contributed by atoms with van der Waals surface area (Å²) >= 11 is 0. The molecule has 2 nitrogen and oxygen atoms in total. The Kier molecular flexibility index (Phi) is 5.51. The highest BCUT2D eigenvalue weighted by molar-refractivity contribution is 5.91. The van der Waals surface area contributed by atoms with Crippen molar-refractivity contribution in [2.75, 3.05) is 6.54 Å². The van der Waals surface area contributed by atoms with Crippen molar-refractivity contribution in [1.29, 1.82) is 0 Å². The van der Waals surface area contributed by atoms with Gasteiger partial charge in [-0.25, -0.2) is 0 Å². The molecule has 0 aliphatic carbocycles. The van der Waals surface area contributed by atoms with Crippen LogP contribution in [-0.4, -0.2) is 12.5 Å². The lowest BCUT2D eigenvalue weighted by atomic mass is 9.85. The van der Waals surface area contributed by atoms with Crippen LogP contribution in [-0.2, 0) is 4.79 Å². The predicted molar refractivity (Wildman–Crippen MR) is 61.1 cm³/mol. The van der Waals surface area contributed by atoms with Gasteiger partial charge in [-0.05, 0) is 25.2 Å². The first-order valence-corrected chi connectivity index (χ1v) is 5.33. The predicted octanol–water partition coefficient (Wildman–Crippen LogP) is 2.90. The van der Waals surface area contributed by atoms with E-state index in [1.54, 1.807) is 6.92 Å². The van der Waals surface area contributed by atoms with Crippen LogP contribution in [0.15, 0.2) is 12.2 Å². The molecule has 0 heterocycles. The van der Waals surface area contributed by atoms with Gasteiger partial charge in [0.15, 0.2) is 0 Å². The highest BCUT2D eigenvalue weighted by Crippen LogP contribution is 2.25. The Morgan fingerprint density at radius 3 is 2.43 bits per heavy atom. The topological polar surface area (TPSA) is 29.1 Å². The van der Waals surface area contributed by atoms with Gasteiger partial charge in [-0.3, -0.25) is 4.79 Å². The molecule has 0 unspecified atom stereocenters. The lowest BCUT2D eigenvalue weighted by Gasteiger charge is -2.22. The number of amides is 1. The average Bonchev–Trinajstić information content (AvgIpc) is 2.12. The van der Waals surface area contributed by atoms with Crippen LogP contribution in [0, 0.1) is 5.41 Å². The highest BCUT2D eigenvalue weighted by Gasteiger charge is 2.13. The Labute approximate surface area is 87.8 Å². The Balaban J connectivity index is 3.57. The number of nitrogens with one attached hydrogen (secondary N) is 1. The third kappa shape index (κ3) is 5.79. The Morgan fingerprint density at radius 1 is 1.43 bits per heavy atom. The van der Waals surface area contributed by atoms with E-state index in [9.17, 15) is 4.79 Å². The van der Waals surface area contributed by atoms with Crippen molar-refractivity contribution >= 4 is 5.91 Å². The summed E-state index contributed by atoms with van der Waals surface area (Å²) in [5.74, 6) is -0.0284. The van der Waals surface area contributed by atoms with E-state index >= 15 is 0 Å². The van der Waals surface area contributed by atoms with Crippen molar-refractivity contribution in [3.8, 4) is 0 Å². The minimum Gasteiger partial charge on any atom is -0.352 e. The SMILES string of the molecule is C=C(C)C(=O)NCCCC(C)(C)CC. The summed E-state index contributed by atoms with van der Waals surface area (Å²) in [5, 5.41) is 2.84. The number of carbonyl (C=O) groups is 1. The zero-order valence-corrected chi connectivity index (χ0v) is 9.94. The first-order valence-electron chi connectivity index (χ1n) is 5.33. The first kappa shape index (κ1) is 13.2. The molecular formula is C12H23NO. The molecule has 0 aliphatic rings. The van der Waals surface area contributed by atoms with Gasteiger partial charge in [-0.1, -0.05) is 33.8 Å². The van der Waals surface area contributed by atoms with Crippen LogP contribution in [0.1, 0.15) is 47.0 Å². The lowest BCUT2D eigenvalue weighted by Crippen LogP contribution is -2.25. The smallest absolute Gasteiger partial charge is 0.246 e. The Morgan fingerprint density at radius 2 is 2.00 bits per heavy atom. The van der Waals surface area contributed by atoms with Crippen molar-refractivity contribution in [1.82, 2.24) is 5.32 Å². The molecule has 0 fully saturated rings. The quantitative estimate of drug-likeness (QED) is 0.515. The molecule has 0 saturated carbocycles. The van der Waals surface area contributed by atoms with Gasteiger partial charge in [0.05, 0.1) is 0 Å². The Bertz CT molecular complexity index is 206. The Hall–Kier alpha value is -0.790. The summed E-state index contributed by atoms with van der Waals surface area (Å²) in [5.41, 5.74) is 0.980. The minimum atomic E-state index is -0.0284. The van der Waals surface area contributed by atoms with Crippen LogP contribution in [0.3, 0.4) is 0 Å². The third-order valence-electron chi connectivity index (χ3n) is 2.66. The second-order valence-corrected chi connectivity index (χ2v) is 4.66. The monoisotopic (exact) mass is 197 g/mol. The molecule has 0 aliphatic heterocycles. The molecule has 1 N–H and O–H groups in total. The molecule has 0 aromatic rings. The molecule has 14 heavy (non-hydrogen) atoms. The van der Waals surface area contributed by atoms with E-state index in [1.807, 2.05) is 0 Å². The second kappa shape index (κ2) is 5.84. The van der Waals surface area contributed by atoms with E-state index in [2.05, 4.69) is 32.7 Å². The summed E-state index contributed by atoms with van der Waals surface area (Å²) in [4.78, 5) is 11.1. The van der Waals surface area contributed by atoms with E-state index in [0.29, 0.717) is 11.0 Å². The van der Waals surface area contributed by atoms with Crippen molar-refractivity contribution < 1.29 is 4.79 Å². The van der Waals surface area contributed by atoms with Gasteiger partial charge in [0.25, 0.3) is 0 Å². The standard InChI is InChI=1S/C12H23NO/c1-6-12(4,5)8-7-9-13-11(14)10(2)3/h2,6-9H2,1,3-5H3,(H,13,14). The number of rotatable bonds is 6. The maximum Gasteiger partial charge on any atom is 0.246 e. The van der Waals surface area contributed by atoms with Crippen molar-refractivity contribution in [3.63, 3.8) is 0 Å². The van der Waals surface area contributed by atoms with Gasteiger partial charge in [-0.2, -0.15) is 0 Å². The summed E-state index contributed by atoms with van der Waals surface area (Å²) < 4.78 is 0. The fourth-order valence-electron chi connectivity index (χ4n) is 1.10. The largest absolute Gasteiger partial charge is 0.352 e. The maximum absolute atomic E-state index is 11.1. The van der Waals surface area contributed by atoms with Gasteiger partial charge < -0.3 is 5.32 Å². The fraction of sp³-hybridized carbons (Fsp3) is 0.750. The summed E-state index contributed by atoms with van der Waals surface area (Å²) in [7, 11) is 0. The summed E-state index contributed by atoms with van der Waals surface area (Å²) in [6.45, 7) is 12.8. The second-order valence-electron chi connectivity index (χ2n) is 4.66. The van der Waals surface area contributed by atoms with Gasteiger partial charge in [0, 0.05) is 12.1 Å². The lowest BCUT2D eigenvalue weighted by molar-refractivity contribution is -0.117. The van der Waals surface area contributed by atoms with E-state index in [1.165, 1.54) is 6.42 Å². The zero-order valence-electron chi connectivity index (χ0n) is 9.94. The molecule has 0 aromatic carbocycles. The normalized spacial score (nSPS) is 11.1. The van der Waals surface area contributed by atoms with Crippen LogP contribution < -0.4 is 5.32 Å². The molecule has 0 bridgehead atoms.